The Labute approximate surface area is 158 Å². The van der Waals surface area contributed by atoms with Crippen LogP contribution in [0.25, 0.3) is 0 Å². The first-order valence-electron chi connectivity index (χ1n) is 9.21. The molecule has 26 heavy (non-hydrogen) atoms. The highest BCUT2D eigenvalue weighted by atomic mass is 32.1. The fraction of sp³-hybridized carbons (Fsp3) is 0.579. The SMILES string of the molecule is Cc1n[nH]c(C)c1CN1C[C@@H]2COC[C@H](C1)N(C(=O)Cc1ccsc1)C2. The Balaban J connectivity index is 1.49. The maximum absolute atomic E-state index is 12.9. The molecule has 0 saturated carbocycles. The standard InChI is InChI=1S/C19H26N4O2S/c1-13-18(14(2)21-20-13)9-22-6-16-7-23(17(8-22)11-25-10-16)19(24)5-15-3-4-26-12-15/h3-4,12,16-17H,5-11H2,1-2H3,(H,20,21)/t16-,17-/m0/s1. The van der Waals surface area contributed by atoms with Crippen molar-refractivity contribution in [1.29, 1.82) is 0 Å². The van der Waals surface area contributed by atoms with E-state index in [1.54, 1.807) is 11.3 Å². The molecule has 2 aromatic heterocycles. The quantitative estimate of drug-likeness (QED) is 0.889. The number of aromatic amines is 1. The molecule has 2 fully saturated rings. The molecule has 2 saturated heterocycles. The van der Waals surface area contributed by atoms with E-state index in [0.29, 0.717) is 18.9 Å². The molecule has 0 unspecified atom stereocenters. The molecule has 2 bridgehead atoms. The number of aromatic nitrogens is 2. The molecule has 4 heterocycles. The zero-order valence-electron chi connectivity index (χ0n) is 15.4. The number of ether oxygens (including phenoxy) is 1. The van der Waals surface area contributed by atoms with Gasteiger partial charge < -0.3 is 9.64 Å². The summed E-state index contributed by atoms with van der Waals surface area (Å²) in [7, 11) is 0. The summed E-state index contributed by atoms with van der Waals surface area (Å²) in [6, 6.07) is 2.17. The maximum atomic E-state index is 12.9. The average Bonchev–Trinajstić information content (AvgIpc) is 3.09. The maximum Gasteiger partial charge on any atom is 0.227 e. The van der Waals surface area contributed by atoms with Gasteiger partial charge >= 0.3 is 0 Å². The molecule has 6 nitrogen and oxygen atoms in total. The van der Waals surface area contributed by atoms with E-state index in [9.17, 15) is 4.79 Å². The smallest absolute Gasteiger partial charge is 0.227 e. The summed E-state index contributed by atoms with van der Waals surface area (Å²) in [4.78, 5) is 17.5. The Morgan fingerprint density at radius 2 is 2.23 bits per heavy atom. The molecule has 0 radical (unpaired) electrons. The highest BCUT2D eigenvalue weighted by Crippen LogP contribution is 2.23. The second-order valence-electron chi connectivity index (χ2n) is 7.52. The Hall–Kier alpha value is -1.70. The number of hydrogen-bond acceptors (Lipinski definition) is 5. The molecule has 2 atom stereocenters. The molecule has 0 spiro atoms. The van der Waals surface area contributed by atoms with Gasteiger partial charge in [0.2, 0.25) is 5.91 Å². The summed E-state index contributed by atoms with van der Waals surface area (Å²) >= 11 is 1.64. The predicted molar refractivity (Wildman–Crippen MR) is 101 cm³/mol. The summed E-state index contributed by atoms with van der Waals surface area (Å²) in [5.41, 5.74) is 4.60. The first kappa shape index (κ1) is 17.7. The Kier molecular flexibility index (Phi) is 5.11. The van der Waals surface area contributed by atoms with Crippen LogP contribution < -0.4 is 0 Å². The Morgan fingerprint density at radius 3 is 2.96 bits per heavy atom. The highest BCUT2D eigenvalue weighted by molar-refractivity contribution is 7.08. The van der Waals surface area contributed by atoms with Crippen LogP contribution >= 0.6 is 11.3 Å². The first-order valence-corrected chi connectivity index (χ1v) is 10.2. The molecular formula is C19H26N4O2S. The second kappa shape index (κ2) is 7.50. The molecule has 2 aliphatic rings. The third-order valence-corrected chi connectivity index (χ3v) is 6.20. The molecule has 4 rings (SSSR count). The van der Waals surface area contributed by atoms with Gasteiger partial charge in [-0.2, -0.15) is 16.4 Å². The minimum Gasteiger partial charge on any atom is -0.379 e. The lowest BCUT2D eigenvalue weighted by atomic mass is 10.1. The van der Waals surface area contributed by atoms with Gasteiger partial charge in [-0.3, -0.25) is 14.8 Å². The van der Waals surface area contributed by atoms with E-state index in [-0.39, 0.29) is 11.9 Å². The number of nitrogens with one attached hydrogen (secondary N) is 1. The lowest BCUT2D eigenvalue weighted by Crippen LogP contribution is -2.47. The second-order valence-corrected chi connectivity index (χ2v) is 8.30. The molecule has 2 aromatic rings. The van der Waals surface area contributed by atoms with Crippen LogP contribution in [-0.2, 0) is 22.5 Å². The summed E-state index contributed by atoms with van der Waals surface area (Å²) in [6.45, 7) is 9.00. The summed E-state index contributed by atoms with van der Waals surface area (Å²) in [5.74, 6) is 0.586. The molecular weight excluding hydrogens is 348 g/mol. The van der Waals surface area contributed by atoms with E-state index in [2.05, 4.69) is 39.2 Å². The number of nitrogens with zero attached hydrogens (tertiary/aromatic N) is 3. The van der Waals surface area contributed by atoms with Crippen molar-refractivity contribution in [1.82, 2.24) is 20.0 Å². The number of fused-ring (bicyclic) bond motifs is 3. The highest BCUT2D eigenvalue weighted by Gasteiger charge is 2.36. The van der Waals surface area contributed by atoms with Crippen LogP contribution in [0.5, 0.6) is 0 Å². The van der Waals surface area contributed by atoms with Crippen molar-refractivity contribution in [2.24, 2.45) is 5.92 Å². The number of amides is 1. The van der Waals surface area contributed by atoms with E-state index in [1.807, 2.05) is 11.4 Å². The molecule has 1 amide bonds. The van der Waals surface area contributed by atoms with Crippen LogP contribution in [0.4, 0.5) is 0 Å². The number of H-pyrrole nitrogens is 1. The van der Waals surface area contributed by atoms with Crippen LogP contribution in [0.3, 0.4) is 0 Å². The van der Waals surface area contributed by atoms with Gasteiger partial charge in [-0.25, -0.2) is 0 Å². The average molecular weight is 375 g/mol. The minimum atomic E-state index is 0.126. The van der Waals surface area contributed by atoms with Gasteiger partial charge in [0.05, 0.1) is 31.4 Å². The number of carbonyl (C=O) groups excluding carboxylic acids is 1. The van der Waals surface area contributed by atoms with E-state index in [0.717, 1.165) is 49.7 Å². The van der Waals surface area contributed by atoms with E-state index >= 15 is 0 Å². The lowest BCUT2D eigenvalue weighted by molar-refractivity contribution is -0.133. The van der Waals surface area contributed by atoms with Crippen molar-refractivity contribution in [3.63, 3.8) is 0 Å². The summed E-state index contributed by atoms with van der Waals surface area (Å²) in [5, 5.41) is 11.5. The van der Waals surface area contributed by atoms with Crippen molar-refractivity contribution in [3.8, 4) is 0 Å². The van der Waals surface area contributed by atoms with Crippen LogP contribution in [0.15, 0.2) is 16.8 Å². The zero-order chi connectivity index (χ0) is 18.1. The fourth-order valence-electron chi connectivity index (χ4n) is 4.07. The molecule has 0 aliphatic carbocycles. The predicted octanol–water partition coefficient (Wildman–Crippen LogP) is 1.99. The van der Waals surface area contributed by atoms with Crippen molar-refractivity contribution in [2.75, 3.05) is 32.8 Å². The van der Waals surface area contributed by atoms with Crippen molar-refractivity contribution in [3.05, 3.63) is 39.3 Å². The summed E-state index contributed by atoms with van der Waals surface area (Å²) in [6.07, 6.45) is 0.493. The number of thiophene rings is 1. The lowest BCUT2D eigenvalue weighted by Gasteiger charge is -2.31. The molecule has 0 aromatic carbocycles. The number of hydrogen-bond donors (Lipinski definition) is 1. The third kappa shape index (κ3) is 3.70. The molecule has 1 N–H and O–H groups in total. The molecule has 7 heteroatoms. The van der Waals surface area contributed by atoms with E-state index in [1.165, 1.54) is 5.56 Å². The minimum absolute atomic E-state index is 0.126. The van der Waals surface area contributed by atoms with Gasteiger partial charge in [-0.15, -0.1) is 0 Å². The topological polar surface area (TPSA) is 61.5 Å². The normalized spacial score (nSPS) is 23.8. The van der Waals surface area contributed by atoms with Gasteiger partial charge in [0.15, 0.2) is 0 Å². The van der Waals surface area contributed by atoms with Crippen LogP contribution in [0.2, 0.25) is 0 Å². The Morgan fingerprint density at radius 1 is 1.35 bits per heavy atom. The largest absolute Gasteiger partial charge is 0.379 e. The third-order valence-electron chi connectivity index (χ3n) is 5.46. The number of carbonyl (C=O) groups is 1. The van der Waals surface area contributed by atoms with Gasteiger partial charge in [0, 0.05) is 43.4 Å². The van der Waals surface area contributed by atoms with Gasteiger partial charge in [0.25, 0.3) is 0 Å². The van der Waals surface area contributed by atoms with Crippen LogP contribution in [0, 0.1) is 19.8 Å². The summed E-state index contributed by atoms with van der Waals surface area (Å²) < 4.78 is 5.87. The van der Waals surface area contributed by atoms with Crippen molar-refractivity contribution >= 4 is 17.2 Å². The Bertz CT molecular complexity index is 738. The van der Waals surface area contributed by atoms with E-state index < -0.39 is 0 Å². The number of aryl methyl sites for hydroxylation is 2. The fourth-order valence-corrected chi connectivity index (χ4v) is 4.74. The van der Waals surface area contributed by atoms with Crippen molar-refractivity contribution < 1.29 is 9.53 Å². The van der Waals surface area contributed by atoms with Crippen LogP contribution in [0.1, 0.15) is 22.5 Å². The van der Waals surface area contributed by atoms with Gasteiger partial charge in [-0.05, 0) is 36.2 Å². The van der Waals surface area contributed by atoms with Gasteiger partial charge in [0.1, 0.15) is 0 Å². The zero-order valence-corrected chi connectivity index (χ0v) is 16.2. The molecule has 2 aliphatic heterocycles. The van der Waals surface area contributed by atoms with Crippen LogP contribution in [-0.4, -0.2) is 64.8 Å². The van der Waals surface area contributed by atoms with E-state index in [4.69, 9.17) is 4.74 Å². The monoisotopic (exact) mass is 374 g/mol. The first-order chi connectivity index (χ1) is 12.6. The number of rotatable bonds is 4. The van der Waals surface area contributed by atoms with Gasteiger partial charge in [-0.1, -0.05) is 0 Å². The van der Waals surface area contributed by atoms with Crippen molar-refractivity contribution in [2.45, 2.75) is 32.9 Å². The molecule has 140 valence electrons.